The van der Waals surface area contributed by atoms with E-state index in [1.807, 2.05) is 43.3 Å². The normalized spacial score (nSPS) is 14.5. The van der Waals surface area contributed by atoms with Gasteiger partial charge in [0.05, 0.1) is 5.71 Å². The van der Waals surface area contributed by atoms with Crippen LogP contribution >= 0.6 is 0 Å². The number of aromatic nitrogens is 1. The number of rotatable bonds is 8. The van der Waals surface area contributed by atoms with E-state index < -0.39 is 5.97 Å². The van der Waals surface area contributed by atoms with Crippen LogP contribution in [0.1, 0.15) is 79.4 Å². The summed E-state index contributed by atoms with van der Waals surface area (Å²) in [6, 6.07) is 20.0. The van der Waals surface area contributed by atoms with E-state index in [-0.39, 0.29) is 5.78 Å². The van der Waals surface area contributed by atoms with Crippen LogP contribution in [-0.2, 0) is 16.2 Å². The first-order valence-corrected chi connectivity index (χ1v) is 13.4. The Kier molecular flexibility index (Phi) is 7.22. The van der Waals surface area contributed by atoms with Crippen molar-refractivity contribution in [2.24, 2.45) is 11.1 Å². The SMILES string of the molecule is CCn1c2ccc(C(=O)c3ccccc3C)cc2c2cc(C(CCC3CCCC3)=NOC(C)=O)ccc21. The van der Waals surface area contributed by atoms with Crippen molar-refractivity contribution in [3.05, 3.63) is 82.9 Å². The molecule has 5 nitrogen and oxygen atoms in total. The fourth-order valence-electron chi connectivity index (χ4n) is 5.75. The van der Waals surface area contributed by atoms with E-state index in [9.17, 15) is 9.59 Å². The number of hydrogen-bond acceptors (Lipinski definition) is 4. The van der Waals surface area contributed by atoms with Gasteiger partial charge >= 0.3 is 5.97 Å². The molecule has 0 saturated heterocycles. The molecule has 0 unspecified atom stereocenters. The molecule has 1 aromatic heterocycles. The largest absolute Gasteiger partial charge is 0.341 e. The number of carbonyl (C=O) groups is 2. The Hall–Kier alpha value is -3.73. The molecule has 37 heavy (non-hydrogen) atoms. The summed E-state index contributed by atoms with van der Waals surface area (Å²) in [6.45, 7) is 6.30. The van der Waals surface area contributed by atoms with Gasteiger partial charge in [-0.05, 0) is 68.5 Å². The van der Waals surface area contributed by atoms with Gasteiger partial charge in [-0.2, -0.15) is 0 Å². The van der Waals surface area contributed by atoms with Gasteiger partial charge in [0.15, 0.2) is 5.78 Å². The maximum atomic E-state index is 13.4. The summed E-state index contributed by atoms with van der Waals surface area (Å²) in [5.74, 6) is 0.326. The van der Waals surface area contributed by atoms with Crippen molar-refractivity contribution < 1.29 is 14.4 Å². The van der Waals surface area contributed by atoms with Gasteiger partial charge in [0.25, 0.3) is 0 Å². The van der Waals surface area contributed by atoms with Gasteiger partial charge in [-0.1, -0.05) is 61.2 Å². The Morgan fingerprint density at radius 2 is 1.59 bits per heavy atom. The van der Waals surface area contributed by atoms with Crippen LogP contribution in [0.2, 0.25) is 0 Å². The Morgan fingerprint density at radius 3 is 2.24 bits per heavy atom. The first-order valence-electron chi connectivity index (χ1n) is 13.4. The summed E-state index contributed by atoms with van der Waals surface area (Å²) in [4.78, 5) is 30.0. The second-order valence-corrected chi connectivity index (χ2v) is 10.2. The predicted octanol–water partition coefficient (Wildman–Crippen LogP) is 7.59. The van der Waals surface area contributed by atoms with Crippen molar-refractivity contribution in [3.63, 3.8) is 0 Å². The Balaban J connectivity index is 1.58. The Labute approximate surface area is 218 Å². The summed E-state index contributed by atoms with van der Waals surface area (Å²) < 4.78 is 2.28. The molecule has 4 aromatic rings. The average Bonchev–Trinajstić information content (AvgIpc) is 3.53. The zero-order valence-electron chi connectivity index (χ0n) is 21.9. The van der Waals surface area contributed by atoms with E-state index in [1.165, 1.54) is 32.6 Å². The second kappa shape index (κ2) is 10.7. The molecule has 1 aliphatic carbocycles. The van der Waals surface area contributed by atoms with Gasteiger partial charge in [-0.15, -0.1) is 0 Å². The van der Waals surface area contributed by atoms with Crippen LogP contribution in [0.15, 0.2) is 65.8 Å². The summed E-state index contributed by atoms with van der Waals surface area (Å²) in [5.41, 5.74) is 6.34. The molecule has 1 aliphatic rings. The van der Waals surface area contributed by atoms with Gasteiger partial charge < -0.3 is 9.40 Å². The van der Waals surface area contributed by atoms with E-state index in [4.69, 9.17) is 4.84 Å². The fraction of sp³-hybridized carbons (Fsp3) is 0.344. The highest BCUT2D eigenvalue weighted by atomic mass is 16.7. The van der Waals surface area contributed by atoms with Crippen molar-refractivity contribution in [3.8, 4) is 0 Å². The molecule has 1 saturated carbocycles. The number of carbonyl (C=O) groups excluding carboxylic acids is 2. The molecular weight excluding hydrogens is 460 g/mol. The molecule has 0 radical (unpaired) electrons. The maximum Gasteiger partial charge on any atom is 0.331 e. The summed E-state index contributed by atoms with van der Waals surface area (Å²) in [7, 11) is 0. The van der Waals surface area contributed by atoms with E-state index in [0.29, 0.717) is 11.5 Å². The smallest absolute Gasteiger partial charge is 0.331 e. The number of hydrogen-bond donors (Lipinski definition) is 0. The zero-order chi connectivity index (χ0) is 25.9. The lowest BCUT2D eigenvalue weighted by Gasteiger charge is -2.11. The molecular formula is C32H34N2O3. The molecule has 0 atom stereocenters. The molecule has 3 aromatic carbocycles. The van der Waals surface area contributed by atoms with Crippen molar-refractivity contribution in [1.29, 1.82) is 0 Å². The Morgan fingerprint density at radius 1 is 0.946 bits per heavy atom. The fourth-order valence-corrected chi connectivity index (χ4v) is 5.75. The van der Waals surface area contributed by atoms with Crippen LogP contribution in [0.25, 0.3) is 21.8 Å². The van der Waals surface area contributed by atoms with Crippen LogP contribution in [0.4, 0.5) is 0 Å². The molecule has 1 fully saturated rings. The minimum atomic E-state index is -0.415. The zero-order valence-corrected chi connectivity index (χ0v) is 21.9. The van der Waals surface area contributed by atoms with Crippen molar-refractivity contribution in [2.45, 2.75) is 65.8 Å². The van der Waals surface area contributed by atoms with Crippen LogP contribution in [0.5, 0.6) is 0 Å². The minimum absolute atomic E-state index is 0.0298. The van der Waals surface area contributed by atoms with Crippen molar-refractivity contribution >= 4 is 39.3 Å². The lowest BCUT2D eigenvalue weighted by molar-refractivity contribution is -0.140. The molecule has 190 valence electrons. The van der Waals surface area contributed by atoms with Gasteiger partial charge in [-0.25, -0.2) is 4.79 Å². The summed E-state index contributed by atoms with van der Waals surface area (Å²) in [5, 5.41) is 6.39. The highest BCUT2D eigenvalue weighted by molar-refractivity contribution is 6.16. The van der Waals surface area contributed by atoms with Crippen LogP contribution in [-0.4, -0.2) is 22.0 Å². The number of fused-ring (bicyclic) bond motifs is 3. The first-order chi connectivity index (χ1) is 18.0. The molecule has 0 spiro atoms. The highest BCUT2D eigenvalue weighted by Crippen LogP contribution is 2.33. The van der Waals surface area contributed by atoms with Crippen LogP contribution < -0.4 is 0 Å². The van der Waals surface area contributed by atoms with Crippen LogP contribution in [0, 0.1) is 12.8 Å². The first kappa shape index (κ1) is 24.9. The number of nitrogens with zero attached hydrogens (tertiary/aromatic N) is 2. The standard InChI is InChI=1S/C32H34N2O3/c1-4-34-30-17-14-24(29(33-37-22(3)35)16-13-23-10-6-7-11-23)19-27(30)28-20-25(15-18-31(28)34)32(36)26-12-8-5-9-21(26)2/h5,8-9,12,14-15,17-20,23H,4,6-7,10-11,13,16H2,1-3H3. The third-order valence-electron chi connectivity index (χ3n) is 7.71. The molecule has 0 bridgehead atoms. The van der Waals surface area contributed by atoms with E-state index in [1.54, 1.807) is 0 Å². The summed E-state index contributed by atoms with van der Waals surface area (Å²) in [6.07, 6.45) is 6.94. The molecule has 5 rings (SSSR count). The number of aryl methyl sites for hydroxylation is 2. The summed E-state index contributed by atoms with van der Waals surface area (Å²) >= 11 is 0. The van der Waals surface area contributed by atoms with E-state index in [0.717, 1.165) is 63.6 Å². The topological polar surface area (TPSA) is 60.7 Å². The second-order valence-electron chi connectivity index (χ2n) is 10.2. The average molecular weight is 495 g/mol. The van der Waals surface area contributed by atoms with Gasteiger partial charge in [-0.3, -0.25) is 4.79 Å². The van der Waals surface area contributed by atoms with Crippen molar-refractivity contribution in [2.75, 3.05) is 0 Å². The third kappa shape index (κ3) is 5.08. The molecule has 5 heteroatoms. The number of benzene rings is 3. The molecule has 0 N–H and O–H groups in total. The van der Waals surface area contributed by atoms with Crippen LogP contribution in [0.3, 0.4) is 0 Å². The minimum Gasteiger partial charge on any atom is -0.341 e. The maximum absolute atomic E-state index is 13.4. The Bertz CT molecular complexity index is 1510. The van der Waals surface area contributed by atoms with Crippen molar-refractivity contribution in [1.82, 2.24) is 4.57 Å². The van der Waals surface area contributed by atoms with E-state index >= 15 is 0 Å². The lowest BCUT2D eigenvalue weighted by Crippen LogP contribution is -2.07. The predicted molar refractivity (Wildman–Crippen MR) is 149 cm³/mol. The third-order valence-corrected chi connectivity index (χ3v) is 7.71. The highest BCUT2D eigenvalue weighted by Gasteiger charge is 2.19. The lowest BCUT2D eigenvalue weighted by atomic mass is 9.95. The quantitative estimate of drug-likeness (QED) is 0.110. The monoisotopic (exact) mass is 494 g/mol. The molecule has 1 heterocycles. The molecule has 0 aliphatic heterocycles. The van der Waals surface area contributed by atoms with E-state index in [2.05, 4.69) is 40.9 Å². The van der Waals surface area contributed by atoms with Gasteiger partial charge in [0.2, 0.25) is 0 Å². The number of ketones is 1. The molecule has 0 amide bonds. The van der Waals surface area contributed by atoms with Gasteiger partial charge in [0, 0.05) is 52.0 Å². The number of oxime groups is 1. The van der Waals surface area contributed by atoms with Gasteiger partial charge in [0.1, 0.15) is 0 Å².